The summed E-state index contributed by atoms with van der Waals surface area (Å²) in [6.07, 6.45) is 5.01. The van der Waals surface area contributed by atoms with E-state index in [1.165, 1.54) is 0 Å². The molecule has 0 saturated carbocycles. The van der Waals surface area contributed by atoms with Crippen molar-refractivity contribution in [1.82, 2.24) is 20.1 Å². The minimum atomic E-state index is -0.264. The van der Waals surface area contributed by atoms with Crippen LogP contribution in [0.15, 0.2) is 79.3 Å². The first kappa shape index (κ1) is 22.8. The van der Waals surface area contributed by atoms with Crippen molar-refractivity contribution >= 4 is 17.4 Å². The average molecular weight is 458 g/mol. The van der Waals surface area contributed by atoms with Gasteiger partial charge in [0, 0.05) is 37.6 Å². The van der Waals surface area contributed by atoms with Crippen LogP contribution in [-0.4, -0.2) is 27.8 Å². The summed E-state index contributed by atoms with van der Waals surface area (Å²) in [4.78, 5) is 17.0. The molecule has 4 aromatic rings. The van der Waals surface area contributed by atoms with Crippen molar-refractivity contribution in [2.75, 3.05) is 12.4 Å². The highest BCUT2D eigenvalue weighted by molar-refractivity contribution is 5.94. The smallest absolute Gasteiger partial charge is 0.251 e. The van der Waals surface area contributed by atoms with Crippen LogP contribution in [0.1, 0.15) is 34.5 Å². The van der Waals surface area contributed by atoms with Crippen molar-refractivity contribution in [2.24, 2.45) is 7.05 Å². The standard InChI is InChI=1S/C26H27N5O3/c1-18(34-24-10-11-27-25(14-24)30-22-16-29-31(2)17-22)20-7-5-8-21(13-20)26(32)28-15-19-6-4-9-23(12-19)33-3/h4-14,16-18H,15H2,1-3H3,(H,27,30)(H,28,32). The van der Waals surface area contributed by atoms with E-state index in [9.17, 15) is 4.79 Å². The third-order valence-electron chi connectivity index (χ3n) is 5.23. The van der Waals surface area contributed by atoms with Gasteiger partial charge in [0.25, 0.3) is 5.91 Å². The maximum absolute atomic E-state index is 12.7. The number of hydrogen-bond donors (Lipinski definition) is 2. The molecule has 8 heteroatoms. The summed E-state index contributed by atoms with van der Waals surface area (Å²) < 4.78 is 13.1. The zero-order chi connectivity index (χ0) is 23.9. The molecule has 1 unspecified atom stereocenters. The second-order valence-corrected chi connectivity index (χ2v) is 7.82. The minimum Gasteiger partial charge on any atom is -0.497 e. The van der Waals surface area contributed by atoms with Crippen molar-refractivity contribution in [3.05, 3.63) is 95.9 Å². The van der Waals surface area contributed by atoms with E-state index in [4.69, 9.17) is 9.47 Å². The molecular weight excluding hydrogens is 430 g/mol. The Balaban J connectivity index is 1.39. The molecule has 0 fully saturated rings. The molecule has 0 aliphatic rings. The van der Waals surface area contributed by atoms with Gasteiger partial charge in [-0.25, -0.2) is 4.98 Å². The number of nitrogens with zero attached hydrogens (tertiary/aromatic N) is 3. The van der Waals surface area contributed by atoms with Gasteiger partial charge in [0.2, 0.25) is 0 Å². The number of carbonyl (C=O) groups excluding carboxylic acids is 1. The van der Waals surface area contributed by atoms with E-state index in [0.717, 1.165) is 22.6 Å². The Morgan fingerprint density at radius 2 is 1.94 bits per heavy atom. The van der Waals surface area contributed by atoms with E-state index in [1.54, 1.807) is 36.3 Å². The molecular formula is C26H27N5O3. The number of amides is 1. The van der Waals surface area contributed by atoms with E-state index in [1.807, 2.05) is 68.7 Å². The van der Waals surface area contributed by atoms with Crippen LogP contribution in [0.3, 0.4) is 0 Å². The normalized spacial score (nSPS) is 11.5. The molecule has 34 heavy (non-hydrogen) atoms. The quantitative estimate of drug-likeness (QED) is 0.381. The van der Waals surface area contributed by atoms with Crippen molar-refractivity contribution in [2.45, 2.75) is 19.6 Å². The lowest BCUT2D eigenvalue weighted by molar-refractivity contribution is 0.0950. The largest absolute Gasteiger partial charge is 0.497 e. The first-order valence-corrected chi connectivity index (χ1v) is 10.9. The lowest BCUT2D eigenvalue weighted by Gasteiger charge is -2.16. The van der Waals surface area contributed by atoms with E-state index >= 15 is 0 Å². The number of rotatable bonds is 9. The number of ether oxygens (including phenoxy) is 2. The van der Waals surface area contributed by atoms with Gasteiger partial charge < -0.3 is 20.1 Å². The molecule has 0 radical (unpaired) electrons. The van der Waals surface area contributed by atoms with Crippen LogP contribution in [0, 0.1) is 0 Å². The number of methoxy groups -OCH3 is 1. The van der Waals surface area contributed by atoms with Gasteiger partial charge in [-0.05, 0) is 48.4 Å². The summed E-state index contributed by atoms with van der Waals surface area (Å²) in [6.45, 7) is 2.36. The first-order chi connectivity index (χ1) is 16.5. The van der Waals surface area contributed by atoms with Crippen LogP contribution in [0.5, 0.6) is 11.5 Å². The topological polar surface area (TPSA) is 90.3 Å². The average Bonchev–Trinajstić information content (AvgIpc) is 3.27. The lowest BCUT2D eigenvalue weighted by Crippen LogP contribution is -2.23. The van der Waals surface area contributed by atoms with Gasteiger partial charge in [0.1, 0.15) is 23.4 Å². The van der Waals surface area contributed by atoms with Crippen molar-refractivity contribution in [1.29, 1.82) is 0 Å². The predicted molar refractivity (Wildman–Crippen MR) is 130 cm³/mol. The molecule has 0 saturated heterocycles. The van der Waals surface area contributed by atoms with Crippen LogP contribution in [0.25, 0.3) is 0 Å². The molecule has 4 rings (SSSR count). The second-order valence-electron chi connectivity index (χ2n) is 7.82. The molecule has 0 aliphatic heterocycles. The van der Waals surface area contributed by atoms with Crippen LogP contribution < -0.4 is 20.1 Å². The predicted octanol–water partition coefficient (Wildman–Crippen LogP) is 4.64. The maximum Gasteiger partial charge on any atom is 0.251 e. The fourth-order valence-electron chi connectivity index (χ4n) is 3.46. The van der Waals surface area contributed by atoms with Gasteiger partial charge in [-0.2, -0.15) is 5.10 Å². The van der Waals surface area contributed by atoms with Gasteiger partial charge in [0.05, 0.1) is 19.0 Å². The molecule has 2 heterocycles. The molecule has 8 nitrogen and oxygen atoms in total. The summed E-state index contributed by atoms with van der Waals surface area (Å²) in [5.41, 5.74) is 3.28. The highest BCUT2D eigenvalue weighted by Crippen LogP contribution is 2.25. The number of hydrogen-bond acceptors (Lipinski definition) is 6. The molecule has 2 aromatic carbocycles. The number of anilines is 2. The van der Waals surface area contributed by atoms with E-state index in [-0.39, 0.29) is 12.0 Å². The number of aromatic nitrogens is 3. The number of carbonyl (C=O) groups is 1. The van der Waals surface area contributed by atoms with E-state index in [0.29, 0.717) is 23.7 Å². The van der Waals surface area contributed by atoms with Crippen LogP contribution >= 0.6 is 0 Å². The first-order valence-electron chi connectivity index (χ1n) is 10.9. The molecule has 1 atom stereocenters. The molecule has 2 aromatic heterocycles. The summed E-state index contributed by atoms with van der Waals surface area (Å²) in [7, 11) is 3.48. The Morgan fingerprint density at radius 3 is 2.74 bits per heavy atom. The monoisotopic (exact) mass is 457 g/mol. The fourth-order valence-corrected chi connectivity index (χ4v) is 3.46. The Bertz CT molecular complexity index is 1270. The van der Waals surface area contributed by atoms with Crippen LogP contribution in [-0.2, 0) is 13.6 Å². The third kappa shape index (κ3) is 5.92. The van der Waals surface area contributed by atoms with Gasteiger partial charge in [-0.3, -0.25) is 9.48 Å². The number of aryl methyl sites for hydroxylation is 1. The van der Waals surface area contributed by atoms with Gasteiger partial charge >= 0.3 is 0 Å². The highest BCUT2D eigenvalue weighted by Gasteiger charge is 2.12. The molecule has 1 amide bonds. The summed E-state index contributed by atoms with van der Waals surface area (Å²) >= 11 is 0. The zero-order valence-corrected chi connectivity index (χ0v) is 19.4. The van der Waals surface area contributed by atoms with Gasteiger partial charge in [-0.1, -0.05) is 24.3 Å². The number of benzene rings is 2. The van der Waals surface area contributed by atoms with E-state index in [2.05, 4.69) is 20.7 Å². The van der Waals surface area contributed by atoms with Crippen molar-refractivity contribution in [3.63, 3.8) is 0 Å². The lowest BCUT2D eigenvalue weighted by atomic mass is 10.1. The Hall–Kier alpha value is -4.33. The molecule has 0 bridgehead atoms. The SMILES string of the molecule is COc1cccc(CNC(=O)c2cccc(C(C)Oc3ccnc(Nc4cnn(C)c4)c3)c2)c1. The van der Waals surface area contributed by atoms with Gasteiger partial charge in [0.15, 0.2) is 0 Å². The molecule has 174 valence electrons. The second kappa shape index (κ2) is 10.5. The molecule has 2 N–H and O–H groups in total. The minimum absolute atomic E-state index is 0.149. The summed E-state index contributed by atoms with van der Waals surface area (Å²) in [5, 5.41) is 10.3. The van der Waals surface area contributed by atoms with Gasteiger partial charge in [-0.15, -0.1) is 0 Å². The fraction of sp³-hybridized carbons (Fsp3) is 0.192. The van der Waals surface area contributed by atoms with Crippen LogP contribution in [0.2, 0.25) is 0 Å². The maximum atomic E-state index is 12.7. The Morgan fingerprint density at radius 1 is 1.09 bits per heavy atom. The Labute approximate surface area is 198 Å². The highest BCUT2D eigenvalue weighted by atomic mass is 16.5. The molecule has 0 aliphatic carbocycles. The summed E-state index contributed by atoms with van der Waals surface area (Å²) in [6, 6.07) is 18.7. The van der Waals surface area contributed by atoms with Crippen molar-refractivity contribution < 1.29 is 14.3 Å². The van der Waals surface area contributed by atoms with E-state index < -0.39 is 0 Å². The Kier molecular flexibility index (Phi) is 7.07. The summed E-state index contributed by atoms with van der Waals surface area (Å²) in [5.74, 6) is 1.93. The number of nitrogens with one attached hydrogen (secondary N) is 2. The molecule has 0 spiro atoms. The third-order valence-corrected chi connectivity index (χ3v) is 5.23. The number of pyridine rings is 1. The van der Waals surface area contributed by atoms with Crippen molar-refractivity contribution in [3.8, 4) is 11.5 Å². The zero-order valence-electron chi connectivity index (χ0n) is 19.4. The van der Waals surface area contributed by atoms with Crippen LogP contribution in [0.4, 0.5) is 11.5 Å².